The fraction of sp³-hybridized carbons (Fsp3) is 0.583. The molecule has 88 valence electrons. The lowest BCUT2D eigenvalue weighted by molar-refractivity contribution is 0.196. The van der Waals surface area contributed by atoms with Gasteiger partial charge in [-0.3, -0.25) is 9.88 Å². The Morgan fingerprint density at radius 1 is 1.56 bits per heavy atom. The van der Waals surface area contributed by atoms with Gasteiger partial charge in [-0.25, -0.2) is 4.39 Å². The highest BCUT2D eigenvalue weighted by atomic mass is 19.1. The number of hydrogen-bond donors (Lipinski definition) is 1. The molecule has 2 rings (SSSR count). The molecule has 2 atom stereocenters. The van der Waals surface area contributed by atoms with Crippen molar-refractivity contribution in [2.75, 3.05) is 20.1 Å². The second kappa shape index (κ2) is 4.89. The predicted molar refractivity (Wildman–Crippen MR) is 61.6 cm³/mol. The first-order valence-electron chi connectivity index (χ1n) is 5.71. The van der Waals surface area contributed by atoms with Crippen LogP contribution in [-0.4, -0.2) is 36.1 Å². The highest BCUT2D eigenvalue weighted by Gasteiger charge is 2.23. The number of pyridine rings is 1. The van der Waals surface area contributed by atoms with Gasteiger partial charge >= 0.3 is 0 Å². The van der Waals surface area contributed by atoms with Crippen LogP contribution in [-0.2, 0) is 0 Å². The minimum Gasteiger partial charge on any atom is -0.315 e. The Kier molecular flexibility index (Phi) is 3.51. The molecule has 1 saturated heterocycles. The van der Waals surface area contributed by atoms with Gasteiger partial charge in [0, 0.05) is 24.8 Å². The molecular weight excluding hydrogens is 205 g/mol. The van der Waals surface area contributed by atoms with Crippen molar-refractivity contribution in [3.8, 4) is 0 Å². The molecule has 0 saturated carbocycles. The van der Waals surface area contributed by atoms with Crippen molar-refractivity contribution in [2.45, 2.75) is 25.4 Å². The molecule has 3 nitrogen and oxygen atoms in total. The summed E-state index contributed by atoms with van der Waals surface area (Å²) in [6, 6.07) is 2.31. The second-order valence-corrected chi connectivity index (χ2v) is 4.42. The van der Waals surface area contributed by atoms with Crippen LogP contribution in [0.1, 0.15) is 24.9 Å². The van der Waals surface area contributed by atoms with E-state index in [0.29, 0.717) is 6.04 Å². The molecule has 1 aromatic heterocycles. The van der Waals surface area contributed by atoms with Crippen LogP contribution in [0.2, 0.25) is 0 Å². The van der Waals surface area contributed by atoms with Crippen LogP contribution in [0, 0.1) is 5.82 Å². The zero-order chi connectivity index (χ0) is 11.5. The zero-order valence-corrected chi connectivity index (χ0v) is 9.78. The summed E-state index contributed by atoms with van der Waals surface area (Å²) in [7, 11) is 2.09. The molecule has 0 aromatic carbocycles. The second-order valence-electron chi connectivity index (χ2n) is 4.42. The van der Waals surface area contributed by atoms with Gasteiger partial charge in [0.15, 0.2) is 0 Å². The Hall–Kier alpha value is -1.00. The van der Waals surface area contributed by atoms with Gasteiger partial charge in [0.2, 0.25) is 0 Å². The normalized spacial score (nSPS) is 22.6. The lowest BCUT2D eigenvalue weighted by Crippen LogP contribution is -2.35. The van der Waals surface area contributed by atoms with Crippen molar-refractivity contribution in [2.24, 2.45) is 0 Å². The van der Waals surface area contributed by atoms with E-state index in [9.17, 15) is 4.39 Å². The minimum atomic E-state index is -0.262. The minimum absolute atomic E-state index is 0.202. The first-order chi connectivity index (χ1) is 7.68. The predicted octanol–water partition coefficient (Wildman–Crippen LogP) is 1.58. The number of aromatic nitrogens is 1. The van der Waals surface area contributed by atoms with Crippen LogP contribution in [0.4, 0.5) is 4.39 Å². The number of nitrogens with zero attached hydrogens (tertiary/aromatic N) is 2. The van der Waals surface area contributed by atoms with E-state index in [0.717, 1.165) is 25.1 Å². The van der Waals surface area contributed by atoms with E-state index in [1.165, 1.54) is 6.20 Å². The fourth-order valence-corrected chi connectivity index (χ4v) is 2.20. The zero-order valence-electron chi connectivity index (χ0n) is 9.78. The summed E-state index contributed by atoms with van der Waals surface area (Å²) in [6.45, 7) is 4.18. The maximum absolute atomic E-state index is 13.1. The maximum atomic E-state index is 13.1. The van der Waals surface area contributed by atoms with Crippen molar-refractivity contribution in [1.82, 2.24) is 15.2 Å². The van der Waals surface area contributed by atoms with Crippen molar-refractivity contribution in [1.29, 1.82) is 0 Å². The first kappa shape index (κ1) is 11.5. The highest BCUT2D eigenvalue weighted by molar-refractivity contribution is 5.14. The number of hydrogen-bond acceptors (Lipinski definition) is 3. The van der Waals surface area contributed by atoms with Crippen LogP contribution in [0.25, 0.3) is 0 Å². The quantitative estimate of drug-likeness (QED) is 0.843. The Labute approximate surface area is 95.7 Å². The molecule has 0 radical (unpaired) electrons. The van der Waals surface area contributed by atoms with Crippen LogP contribution in [0.15, 0.2) is 18.5 Å². The van der Waals surface area contributed by atoms with Crippen LogP contribution in [0.5, 0.6) is 0 Å². The molecule has 2 unspecified atom stereocenters. The molecule has 16 heavy (non-hydrogen) atoms. The number of halogens is 1. The summed E-state index contributed by atoms with van der Waals surface area (Å²) in [5.74, 6) is -0.262. The third kappa shape index (κ3) is 2.39. The van der Waals surface area contributed by atoms with E-state index >= 15 is 0 Å². The van der Waals surface area contributed by atoms with Crippen LogP contribution in [0.3, 0.4) is 0 Å². The van der Waals surface area contributed by atoms with Crippen LogP contribution < -0.4 is 5.32 Å². The van der Waals surface area contributed by atoms with Gasteiger partial charge in [0.25, 0.3) is 0 Å². The highest BCUT2D eigenvalue weighted by Crippen LogP contribution is 2.22. The molecule has 1 aliphatic heterocycles. The molecule has 1 N–H and O–H groups in total. The van der Waals surface area contributed by atoms with E-state index in [1.54, 1.807) is 12.3 Å². The Bertz CT molecular complexity index is 350. The summed E-state index contributed by atoms with van der Waals surface area (Å²) in [6.07, 6.45) is 4.14. The SMILES string of the molecule is CC(c1cncc(F)c1)N(C)C1CCNC1. The molecule has 1 aromatic rings. The van der Waals surface area contributed by atoms with Crippen molar-refractivity contribution in [3.63, 3.8) is 0 Å². The third-order valence-electron chi connectivity index (χ3n) is 3.43. The summed E-state index contributed by atoms with van der Waals surface area (Å²) in [4.78, 5) is 6.19. The van der Waals surface area contributed by atoms with Gasteiger partial charge in [-0.2, -0.15) is 0 Å². The summed E-state index contributed by atoms with van der Waals surface area (Å²) >= 11 is 0. The Morgan fingerprint density at radius 3 is 3.00 bits per heavy atom. The van der Waals surface area contributed by atoms with Crippen molar-refractivity contribution >= 4 is 0 Å². The molecule has 1 aliphatic rings. The lowest BCUT2D eigenvalue weighted by atomic mass is 10.1. The van der Waals surface area contributed by atoms with E-state index in [-0.39, 0.29) is 11.9 Å². The van der Waals surface area contributed by atoms with Gasteiger partial charge in [-0.15, -0.1) is 0 Å². The third-order valence-corrected chi connectivity index (χ3v) is 3.43. The molecule has 0 bridgehead atoms. The molecule has 0 aliphatic carbocycles. The fourth-order valence-electron chi connectivity index (χ4n) is 2.20. The van der Waals surface area contributed by atoms with Gasteiger partial charge in [0.1, 0.15) is 5.82 Å². The van der Waals surface area contributed by atoms with Gasteiger partial charge < -0.3 is 5.32 Å². The smallest absolute Gasteiger partial charge is 0.141 e. The van der Waals surface area contributed by atoms with Crippen LogP contribution >= 0.6 is 0 Å². The largest absolute Gasteiger partial charge is 0.315 e. The Morgan fingerprint density at radius 2 is 2.38 bits per heavy atom. The van der Waals surface area contributed by atoms with E-state index < -0.39 is 0 Å². The van der Waals surface area contributed by atoms with Crippen molar-refractivity contribution in [3.05, 3.63) is 29.8 Å². The van der Waals surface area contributed by atoms with E-state index in [1.807, 2.05) is 0 Å². The monoisotopic (exact) mass is 223 g/mol. The number of likely N-dealkylation sites (N-methyl/N-ethyl adjacent to an activating group) is 1. The standard InChI is InChI=1S/C12H18FN3/c1-9(10-5-11(13)7-15-6-10)16(2)12-3-4-14-8-12/h5-7,9,12,14H,3-4,8H2,1-2H3. The number of rotatable bonds is 3. The summed E-state index contributed by atoms with van der Waals surface area (Å²) < 4.78 is 13.1. The maximum Gasteiger partial charge on any atom is 0.141 e. The summed E-state index contributed by atoms with van der Waals surface area (Å²) in [5, 5.41) is 3.34. The van der Waals surface area contributed by atoms with E-state index in [2.05, 4.69) is 29.2 Å². The molecular formula is C12H18FN3. The average Bonchev–Trinajstić information content (AvgIpc) is 2.80. The van der Waals surface area contributed by atoms with Gasteiger partial charge in [0.05, 0.1) is 6.20 Å². The summed E-state index contributed by atoms with van der Waals surface area (Å²) in [5.41, 5.74) is 0.939. The topological polar surface area (TPSA) is 28.2 Å². The average molecular weight is 223 g/mol. The molecule has 1 fully saturated rings. The van der Waals surface area contributed by atoms with Gasteiger partial charge in [-0.1, -0.05) is 0 Å². The first-order valence-corrected chi connectivity index (χ1v) is 5.71. The lowest BCUT2D eigenvalue weighted by Gasteiger charge is -2.30. The van der Waals surface area contributed by atoms with E-state index in [4.69, 9.17) is 0 Å². The molecule has 4 heteroatoms. The molecule has 0 spiro atoms. The molecule has 2 heterocycles. The Balaban J connectivity index is 2.08. The van der Waals surface area contributed by atoms with Crippen molar-refractivity contribution < 1.29 is 4.39 Å². The number of nitrogens with one attached hydrogen (secondary N) is 1. The molecule has 0 amide bonds. The van der Waals surface area contributed by atoms with Gasteiger partial charge in [-0.05, 0) is 38.6 Å².